The Morgan fingerprint density at radius 1 is 1.43 bits per heavy atom. The van der Waals surface area contributed by atoms with Gasteiger partial charge in [-0.3, -0.25) is 9.69 Å². The third kappa shape index (κ3) is 3.81. The molecule has 1 heterocycles. The van der Waals surface area contributed by atoms with Gasteiger partial charge in [0.15, 0.2) is 0 Å². The van der Waals surface area contributed by atoms with Crippen LogP contribution in [0.15, 0.2) is 24.3 Å². The molecule has 5 nitrogen and oxygen atoms in total. The van der Waals surface area contributed by atoms with Crippen molar-refractivity contribution >= 4 is 5.97 Å². The molecule has 116 valence electrons. The van der Waals surface area contributed by atoms with Crippen molar-refractivity contribution in [1.29, 1.82) is 0 Å². The minimum absolute atomic E-state index is 0.0955. The van der Waals surface area contributed by atoms with E-state index in [-0.39, 0.29) is 17.8 Å². The molecule has 0 bridgehead atoms. The predicted octanol–water partition coefficient (Wildman–Crippen LogP) is 0.920. The maximum absolute atomic E-state index is 11.7. The average molecular weight is 292 g/mol. The smallest absolute Gasteiger partial charge is 0.310 e. The van der Waals surface area contributed by atoms with E-state index in [9.17, 15) is 9.90 Å². The highest BCUT2D eigenvalue weighted by Crippen LogP contribution is 2.26. The molecule has 1 aliphatic heterocycles. The number of ether oxygens (including phenoxy) is 1. The SMILES string of the molecule is COC(=O)C1CN(CC(O)c2ccc(CN)cc2)CC1C. The molecule has 1 saturated heterocycles. The normalized spacial score (nSPS) is 24.0. The predicted molar refractivity (Wildman–Crippen MR) is 80.4 cm³/mol. The molecule has 3 atom stereocenters. The molecule has 3 N–H and O–H groups in total. The maximum Gasteiger partial charge on any atom is 0.310 e. The fraction of sp³-hybridized carbons (Fsp3) is 0.562. The Bertz CT molecular complexity index is 475. The molecule has 0 saturated carbocycles. The standard InChI is InChI=1S/C16H24N2O3/c1-11-8-18(9-14(11)16(20)21-2)10-15(19)13-5-3-12(7-17)4-6-13/h3-6,11,14-15,19H,7-10,17H2,1-2H3. The molecule has 1 fully saturated rings. The van der Waals surface area contributed by atoms with Gasteiger partial charge in [0.1, 0.15) is 0 Å². The van der Waals surface area contributed by atoms with Gasteiger partial charge in [0.25, 0.3) is 0 Å². The number of likely N-dealkylation sites (tertiary alicyclic amines) is 1. The number of β-amino-alcohol motifs (C(OH)–C–C–N with tert-alkyl or cyclic N) is 1. The molecule has 1 aliphatic rings. The number of nitrogens with zero attached hydrogens (tertiary/aromatic N) is 1. The van der Waals surface area contributed by atoms with Crippen LogP contribution in [0, 0.1) is 11.8 Å². The summed E-state index contributed by atoms with van der Waals surface area (Å²) in [4.78, 5) is 13.8. The van der Waals surface area contributed by atoms with Crippen molar-refractivity contribution in [2.75, 3.05) is 26.7 Å². The summed E-state index contributed by atoms with van der Waals surface area (Å²) in [6, 6.07) is 7.68. The van der Waals surface area contributed by atoms with Crippen LogP contribution >= 0.6 is 0 Å². The second kappa shape index (κ2) is 7.02. The first-order valence-electron chi connectivity index (χ1n) is 7.32. The maximum atomic E-state index is 11.7. The number of nitrogens with two attached hydrogens (primary N) is 1. The number of esters is 1. The number of methoxy groups -OCH3 is 1. The zero-order chi connectivity index (χ0) is 15.4. The van der Waals surface area contributed by atoms with Crippen LogP contribution in [0.4, 0.5) is 0 Å². The number of hydrogen-bond acceptors (Lipinski definition) is 5. The van der Waals surface area contributed by atoms with Gasteiger partial charge < -0.3 is 15.6 Å². The average Bonchev–Trinajstić information content (AvgIpc) is 2.87. The number of aliphatic hydroxyl groups is 1. The summed E-state index contributed by atoms with van der Waals surface area (Å²) >= 11 is 0. The molecule has 0 aliphatic carbocycles. The number of aliphatic hydroxyl groups excluding tert-OH is 1. The van der Waals surface area contributed by atoms with E-state index < -0.39 is 6.10 Å². The van der Waals surface area contributed by atoms with Gasteiger partial charge in [-0.15, -0.1) is 0 Å². The summed E-state index contributed by atoms with van der Waals surface area (Å²) in [6.45, 7) is 4.52. The van der Waals surface area contributed by atoms with E-state index in [1.54, 1.807) is 0 Å². The van der Waals surface area contributed by atoms with Gasteiger partial charge >= 0.3 is 5.97 Å². The molecule has 21 heavy (non-hydrogen) atoms. The van der Waals surface area contributed by atoms with Gasteiger partial charge in [-0.1, -0.05) is 31.2 Å². The van der Waals surface area contributed by atoms with Crippen molar-refractivity contribution in [2.24, 2.45) is 17.6 Å². The lowest BCUT2D eigenvalue weighted by Crippen LogP contribution is -2.28. The number of hydrogen-bond donors (Lipinski definition) is 2. The highest BCUT2D eigenvalue weighted by molar-refractivity contribution is 5.73. The third-order valence-corrected chi connectivity index (χ3v) is 4.22. The summed E-state index contributed by atoms with van der Waals surface area (Å²) in [5.74, 6) is -0.00197. The topological polar surface area (TPSA) is 75.8 Å². The van der Waals surface area contributed by atoms with Crippen LogP contribution in [0.1, 0.15) is 24.2 Å². The van der Waals surface area contributed by atoms with Gasteiger partial charge in [-0.05, 0) is 17.0 Å². The van der Waals surface area contributed by atoms with Crippen LogP contribution in [0.2, 0.25) is 0 Å². The van der Waals surface area contributed by atoms with Gasteiger partial charge in [0.05, 0.1) is 19.1 Å². The van der Waals surface area contributed by atoms with Gasteiger partial charge in [-0.25, -0.2) is 0 Å². The molecule has 1 aromatic carbocycles. The number of carbonyl (C=O) groups excluding carboxylic acids is 1. The van der Waals surface area contributed by atoms with Gasteiger partial charge in [0, 0.05) is 26.2 Å². The zero-order valence-electron chi connectivity index (χ0n) is 12.7. The van der Waals surface area contributed by atoms with Crippen molar-refractivity contribution in [3.63, 3.8) is 0 Å². The Balaban J connectivity index is 1.93. The molecule has 1 aromatic rings. The fourth-order valence-corrected chi connectivity index (χ4v) is 2.90. The summed E-state index contributed by atoms with van der Waals surface area (Å²) in [7, 11) is 1.42. The van der Waals surface area contributed by atoms with Crippen LogP contribution in [0.3, 0.4) is 0 Å². The van der Waals surface area contributed by atoms with Crippen molar-refractivity contribution < 1.29 is 14.6 Å². The molecule has 0 radical (unpaired) electrons. The van der Waals surface area contributed by atoms with E-state index in [4.69, 9.17) is 10.5 Å². The monoisotopic (exact) mass is 292 g/mol. The van der Waals surface area contributed by atoms with Crippen LogP contribution < -0.4 is 5.73 Å². The molecule has 0 amide bonds. The third-order valence-electron chi connectivity index (χ3n) is 4.22. The Morgan fingerprint density at radius 2 is 2.10 bits per heavy atom. The number of carbonyl (C=O) groups is 1. The first-order chi connectivity index (χ1) is 10.0. The van der Waals surface area contributed by atoms with E-state index in [0.29, 0.717) is 19.6 Å². The summed E-state index contributed by atoms with van der Waals surface area (Å²) in [6.07, 6.45) is -0.555. The molecule has 5 heteroatoms. The molecular weight excluding hydrogens is 268 g/mol. The largest absolute Gasteiger partial charge is 0.469 e. The Hall–Kier alpha value is -1.43. The van der Waals surface area contributed by atoms with E-state index in [0.717, 1.165) is 17.7 Å². The Labute approximate surface area is 125 Å². The Morgan fingerprint density at radius 3 is 2.67 bits per heavy atom. The summed E-state index contributed by atoms with van der Waals surface area (Å²) in [5, 5.41) is 10.3. The van der Waals surface area contributed by atoms with Crippen molar-refractivity contribution in [2.45, 2.75) is 19.6 Å². The first kappa shape index (κ1) is 15.9. The Kier molecular flexibility index (Phi) is 5.33. The lowest BCUT2D eigenvalue weighted by molar-refractivity contribution is -0.146. The minimum Gasteiger partial charge on any atom is -0.469 e. The second-order valence-corrected chi connectivity index (χ2v) is 5.79. The summed E-state index contributed by atoms with van der Waals surface area (Å²) in [5.41, 5.74) is 7.49. The lowest BCUT2D eigenvalue weighted by Gasteiger charge is -2.20. The summed E-state index contributed by atoms with van der Waals surface area (Å²) < 4.78 is 4.83. The number of rotatable bonds is 5. The van der Waals surface area contributed by atoms with Crippen molar-refractivity contribution in [3.8, 4) is 0 Å². The van der Waals surface area contributed by atoms with E-state index in [2.05, 4.69) is 4.90 Å². The quantitative estimate of drug-likeness (QED) is 0.789. The first-order valence-corrected chi connectivity index (χ1v) is 7.32. The zero-order valence-corrected chi connectivity index (χ0v) is 12.7. The van der Waals surface area contributed by atoms with Gasteiger partial charge in [0.2, 0.25) is 0 Å². The fourth-order valence-electron chi connectivity index (χ4n) is 2.90. The van der Waals surface area contributed by atoms with Crippen molar-refractivity contribution in [3.05, 3.63) is 35.4 Å². The highest BCUT2D eigenvalue weighted by atomic mass is 16.5. The molecule has 0 aromatic heterocycles. The van der Waals surface area contributed by atoms with E-state index >= 15 is 0 Å². The lowest BCUT2D eigenvalue weighted by atomic mass is 9.99. The van der Waals surface area contributed by atoms with E-state index in [1.807, 2.05) is 31.2 Å². The van der Waals surface area contributed by atoms with Crippen LogP contribution in [0.25, 0.3) is 0 Å². The molecule has 0 spiro atoms. The molecular formula is C16H24N2O3. The number of benzene rings is 1. The van der Waals surface area contributed by atoms with E-state index in [1.165, 1.54) is 7.11 Å². The van der Waals surface area contributed by atoms with Crippen LogP contribution in [0.5, 0.6) is 0 Å². The second-order valence-electron chi connectivity index (χ2n) is 5.79. The van der Waals surface area contributed by atoms with Crippen LogP contribution in [-0.2, 0) is 16.1 Å². The molecule has 2 rings (SSSR count). The van der Waals surface area contributed by atoms with Crippen molar-refractivity contribution in [1.82, 2.24) is 4.90 Å². The minimum atomic E-state index is -0.555. The van der Waals surface area contributed by atoms with Gasteiger partial charge in [-0.2, -0.15) is 0 Å². The van der Waals surface area contributed by atoms with Crippen LogP contribution in [-0.4, -0.2) is 42.7 Å². The molecule has 3 unspecified atom stereocenters. The highest BCUT2D eigenvalue weighted by Gasteiger charge is 2.36.